The van der Waals surface area contributed by atoms with Gasteiger partial charge in [-0.1, -0.05) is 24.3 Å². The summed E-state index contributed by atoms with van der Waals surface area (Å²) in [6.45, 7) is 0.994. The second-order valence-electron chi connectivity index (χ2n) is 6.15. The van der Waals surface area contributed by atoms with Crippen LogP contribution < -0.4 is 5.32 Å². The van der Waals surface area contributed by atoms with E-state index in [9.17, 15) is 18.4 Å². The number of benzene rings is 2. The lowest BCUT2D eigenvalue weighted by atomic mass is 10.1. The fourth-order valence-electron chi connectivity index (χ4n) is 2.85. The highest BCUT2D eigenvalue weighted by molar-refractivity contribution is 5.89. The van der Waals surface area contributed by atoms with Crippen molar-refractivity contribution in [3.63, 3.8) is 0 Å². The number of hydrogen-bond acceptors (Lipinski definition) is 2. The molecule has 0 saturated carbocycles. The van der Waals surface area contributed by atoms with E-state index in [2.05, 4.69) is 5.32 Å². The normalized spacial score (nSPS) is 17.0. The molecular weight excluding hydrogens is 326 g/mol. The van der Waals surface area contributed by atoms with Gasteiger partial charge in [-0.3, -0.25) is 9.59 Å². The van der Waals surface area contributed by atoms with Gasteiger partial charge in [-0.2, -0.15) is 0 Å². The van der Waals surface area contributed by atoms with Crippen LogP contribution in [0, 0.1) is 17.6 Å². The van der Waals surface area contributed by atoms with Crippen molar-refractivity contribution in [2.45, 2.75) is 19.5 Å². The molecule has 0 radical (unpaired) electrons. The maximum Gasteiger partial charge on any atom is 0.225 e. The third-order valence-electron chi connectivity index (χ3n) is 4.25. The number of amides is 2. The molecule has 25 heavy (non-hydrogen) atoms. The van der Waals surface area contributed by atoms with Gasteiger partial charge >= 0.3 is 0 Å². The highest BCUT2D eigenvalue weighted by Crippen LogP contribution is 2.20. The summed E-state index contributed by atoms with van der Waals surface area (Å²) < 4.78 is 25.8. The van der Waals surface area contributed by atoms with Crippen molar-refractivity contribution in [2.24, 2.45) is 5.92 Å². The number of halogens is 2. The van der Waals surface area contributed by atoms with Gasteiger partial charge in [-0.25, -0.2) is 8.78 Å². The zero-order valence-corrected chi connectivity index (χ0v) is 13.5. The van der Waals surface area contributed by atoms with Crippen LogP contribution in [0.1, 0.15) is 17.5 Å². The van der Waals surface area contributed by atoms with Crippen LogP contribution >= 0.6 is 0 Å². The molecular formula is C19H18F2N2O2. The largest absolute Gasteiger partial charge is 0.352 e. The van der Waals surface area contributed by atoms with E-state index in [4.69, 9.17) is 0 Å². The first-order chi connectivity index (χ1) is 12.0. The molecule has 3 rings (SSSR count). The second-order valence-corrected chi connectivity index (χ2v) is 6.15. The van der Waals surface area contributed by atoms with Crippen molar-refractivity contribution >= 4 is 11.8 Å². The second kappa shape index (κ2) is 7.42. The summed E-state index contributed by atoms with van der Waals surface area (Å²) >= 11 is 0. The van der Waals surface area contributed by atoms with Crippen LogP contribution in [0.3, 0.4) is 0 Å². The quantitative estimate of drug-likeness (QED) is 0.906. The van der Waals surface area contributed by atoms with Crippen LogP contribution in [-0.2, 0) is 22.7 Å². The van der Waals surface area contributed by atoms with Crippen LogP contribution in [0.2, 0.25) is 0 Å². The number of nitrogens with zero attached hydrogens (tertiary/aromatic N) is 1. The van der Waals surface area contributed by atoms with Gasteiger partial charge < -0.3 is 10.2 Å². The maximum absolute atomic E-state index is 12.9. The van der Waals surface area contributed by atoms with E-state index in [1.807, 2.05) is 0 Å². The monoisotopic (exact) mass is 344 g/mol. The van der Waals surface area contributed by atoms with Crippen LogP contribution in [0.15, 0.2) is 48.5 Å². The minimum absolute atomic E-state index is 0.0914. The number of rotatable bonds is 5. The van der Waals surface area contributed by atoms with Gasteiger partial charge in [0.2, 0.25) is 11.8 Å². The Morgan fingerprint density at radius 2 is 1.56 bits per heavy atom. The van der Waals surface area contributed by atoms with Crippen molar-refractivity contribution in [3.05, 3.63) is 71.3 Å². The summed E-state index contributed by atoms with van der Waals surface area (Å²) in [5.74, 6) is -1.35. The lowest BCUT2D eigenvalue weighted by molar-refractivity contribution is -0.129. The molecule has 1 fully saturated rings. The zero-order chi connectivity index (χ0) is 17.8. The molecule has 1 aliphatic heterocycles. The first kappa shape index (κ1) is 17.1. The van der Waals surface area contributed by atoms with E-state index in [1.54, 1.807) is 29.2 Å². The average molecular weight is 344 g/mol. The molecule has 0 aliphatic carbocycles. The zero-order valence-electron chi connectivity index (χ0n) is 13.5. The SMILES string of the molecule is O=C(NCc1ccc(F)cc1)[C@@H]1CC(=O)N(Cc2ccc(F)cc2)C1. The third-order valence-corrected chi connectivity index (χ3v) is 4.25. The van der Waals surface area contributed by atoms with Gasteiger partial charge in [-0.15, -0.1) is 0 Å². The van der Waals surface area contributed by atoms with E-state index in [-0.39, 0.29) is 29.9 Å². The fourth-order valence-corrected chi connectivity index (χ4v) is 2.85. The van der Waals surface area contributed by atoms with Gasteiger partial charge in [-0.05, 0) is 35.4 Å². The minimum atomic E-state index is -0.409. The number of nitrogens with one attached hydrogen (secondary N) is 1. The molecule has 6 heteroatoms. The van der Waals surface area contributed by atoms with Gasteiger partial charge in [0.15, 0.2) is 0 Å². The summed E-state index contributed by atoms with van der Waals surface area (Å²) in [4.78, 5) is 26.0. The molecule has 1 heterocycles. The Hall–Kier alpha value is -2.76. The molecule has 0 unspecified atom stereocenters. The Balaban J connectivity index is 1.53. The highest BCUT2D eigenvalue weighted by Gasteiger charge is 2.34. The smallest absolute Gasteiger partial charge is 0.225 e. The molecule has 0 aromatic heterocycles. The van der Waals surface area contributed by atoms with Gasteiger partial charge in [0, 0.05) is 26.1 Å². The van der Waals surface area contributed by atoms with E-state index >= 15 is 0 Å². The van der Waals surface area contributed by atoms with Crippen LogP contribution in [-0.4, -0.2) is 23.3 Å². The molecule has 2 aromatic carbocycles. The van der Waals surface area contributed by atoms with Gasteiger partial charge in [0.1, 0.15) is 11.6 Å². The molecule has 1 N–H and O–H groups in total. The molecule has 1 saturated heterocycles. The molecule has 0 spiro atoms. The van der Waals surface area contributed by atoms with Crippen molar-refractivity contribution in [1.29, 1.82) is 0 Å². The van der Waals surface area contributed by atoms with Gasteiger partial charge in [0.05, 0.1) is 5.92 Å². The van der Waals surface area contributed by atoms with Crippen LogP contribution in [0.5, 0.6) is 0 Å². The molecule has 2 amide bonds. The van der Waals surface area contributed by atoms with Gasteiger partial charge in [0.25, 0.3) is 0 Å². The molecule has 130 valence electrons. The predicted octanol–water partition coefficient (Wildman–Crippen LogP) is 2.63. The number of carbonyl (C=O) groups is 2. The van der Waals surface area contributed by atoms with E-state index in [0.29, 0.717) is 19.6 Å². The van der Waals surface area contributed by atoms with Crippen LogP contribution in [0.4, 0.5) is 8.78 Å². The highest BCUT2D eigenvalue weighted by atomic mass is 19.1. The maximum atomic E-state index is 12.9. The van der Waals surface area contributed by atoms with Crippen molar-refractivity contribution in [2.75, 3.05) is 6.54 Å². The number of carbonyl (C=O) groups excluding carboxylic acids is 2. The lowest BCUT2D eigenvalue weighted by Gasteiger charge is -2.16. The number of likely N-dealkylation sites (tertiary alicyclic amines) is 1. The van der Waals surface area contributed by atoms with Crippen LogP contribution in [0.25, 0.3) is 0 Å². The Morgan fingerprint density at radius 1 is 1.00 bits per heavy atom. The summed E-state index contributed by atoms with van der Waals surface area (Å²) in [6, 6.07) is 11.9. The topological polar surface area (TPSA) is 49.4 Å². The first-order valence-electron chi connectivity index (χ1n) is 8.05. The molecule has 4 nitrogen and oxygen atoms in total. The summed E-state index contributed by atoms with van der Waals surface area (Å²) in [7, 11) is 0. The Kier molecular flexibility index (Phi) is 5.07. The molecule has 1 atom stereocenters. The third kappa shape index (κ3) is 4.41. The molecule has 2 aromatic rings. The summed E-state index contributed by atoms with van der Waals surface area (Å²) in [5, 5.41) is 2.78. The predicted molar refractivity (Wildman–Crippen MR) is 88.2 cm³/mol. The van der Waals surface area contributed by atoms with Crippen molar-refractivity contribution in [3.8, 4) is 0 Å². The Morgan fingerprint density at radius 3 is 2.16 bits per heavy atom. The van der Waals surface area contributed by atoms with E-state index in [1.165, 1.54) is 24.3 Å². The van der Waals surface area contributed by atoms with Crippen molar-refractivity contribution < 1.29 is 18.4 Å². The first-order valence-corrected chi connectivity index (χ1v) is 8.05. The molecule has 0 bridgehead atoms. The lowest BCUT2D eigenvalue weighted by Crippen LogP contribution is -2.32. The van der Waals surface area contributed by atoms with E-state index in [0.717, 1.165) is 11.1 Å². The average Bonchev–Trinajstić information content (AvgIpc) is 2.97. The number of hydrogen-bond donors (Lipinski definition) is 1. The fraction of sp³-hybridized carbons (Fsp3) is 0.263. The standard InChI is InChI=1S/C19H18F2N2O2/c20-16-5-1-13(2-6-16)10-22-19(25)15-9-18(24)23(12-15)11-14-3-7-17(21)8-4-14/h1-8,15H,9-12H2,(H,22,25)/t15-/m1/s1. The molecule has 1 aliphatic rings. The summed E-state index contributed by atoms with van der Waals surface area (Å²) in [6.07, 6.45) is 0.163. The van der Waals surface area contributed by atoms with Crippen molar-refractivity contribution in [1.82, 2.24) is 10.2 Å². The Bertz CT molecular complexity index is 760. The minimum Gasteiger partial charge on any atom is -0.352 e. The Labute approximate surface area is 144 Å². The summed E-state index contributed by atoms with van der Waals surface area (Å²) in [5.41, 5.74) is 1.62. The van der Waals surface area contributed by atoms with E-state index < -0.39 is 5.92 Å².